The van der Waals surface area contributed by atoms with Gasteiger partial charge in [0.25, 0.3) is 0 Å². The first-order valence-corrected chi connectivity index (χ1v) is 6.51. The Morgan fingerprint density at radius 3 is 3.05 bits per heavy atom. The molecule has 0 aromatic heterocycles. The first kappa shape index (κ1) is 14.0. The predicted molar refractivity (Wildman–Crippen MR) is 73.8 cm³/mol. The van der Waals surface area contributed by atoms with E-state index in [1.807, 2.05) is 12.1 Å². The van der Waals surface area contributed by atoms with Gasteiger partial charge in [-0.25, -0.2) is 4.39 Å². The highest BCUT2D eigenvalue weighted by Crippen LogP contribution is 2.20. The quantitative estimate of drug-likeness (QED) is 0.907. The van der Waals surface area contributed by atoms with E-state index >= 15 is 0 Å². The molecule has 104 valence electrons. The highest BCUT2D eigenvalue weighted by molar-refractivity contribution is 5.54. The maximum absolute atomic E-state index is 13.6. The molecular weight excluding hydrogens is 245 g/mol. The van der Waals surface area contributed by atoms with Gasteiger partial charge in [-0.05, 0) is 31.0 Å². The van der Waals surface area contributed by atoms with Crippen molar-refractivity contribution in [2.24, 2.45) is 0 Å². The summed E-state index contributed by atoms with van der Waals surface area (Å²) < 4.78 is 23.9. The van der Waals surface area contributed by atoms with E-state index in [-0.39, 0.29) is 11.6 Å². The van der Waals surface area contributed by atoms with Crippen LogP contribution in [0.5, 0.6) is 5.75 Å². The van der Waals surface area contributed by atoms with Crippen LogP contribution >= 0.6 is 0 Å². The third-order valence-corrected chi connectivity index (χ3v) is 3.16. The van der Waals surface area contributed by atoms with Crippen molar-refractivity contribution in [2.45, 2.75) is 19.4 Å². The number of ether oxygens (including phenoxy) is 2. The highest BCUT2D eigenvalue weighted by atomic mass is 19.1. The molecule has 1 aromatic rings. The van der Waals surface area contributed by atoms with Gasteiger partial charge < -0.3 is 14.8 Å². The van der Waals surface area contributed by atoms with Crippen molar-refractivity contribution in [2.75, 3.05) is 26.9 Å². The van der Waals surface area contributed by atoms with E-state index in [2.05, 4.69) is 12.2 Å². The molecule has 1 heterocycles. The predicted octanol–water partition coefficient (Wildman–Crippen LogP) is 2.62. The minimum Gasteiger partial charge on any atom is -0.494 e. The molecule has 19 heavy (non-hydrogen) atoms. The molecule has 2 rings (SSSR count). The van der Waals surface area contributed by atoms with Crippen molar-refractivity contribution in [3.63, 3.8) is 0 Å². The number of methoxy groups -OCH3 is 1. The number of hydrogen-bond donors (Lipinski definition) is 1. The molecule has 1 unspecified atom stereocenters. The number of benzene rings is 1. The summed E-state index contributed by atoms with van der Waals surface area (Å²) in [5.74, 6) is -0.0553. The normalized spacial score (nSPS) is 20.4. The first-order chi connectivity index (χ1) is 9.19. The average Bonchev–Trinajstić information content (AvgIpc) is 2.40. The van der Waals surface area contributed by atoms with Gasteiger partial charge in [0.2, 0.25) is 0 Å². The Hall–Kier alpha value is -1.39. The summed E-state index contributed by atoms with van der Waals surface area (Å²) in [6, 6.07) is 5.35. The van der Waals surface area contributed by atoms with Gasteiger partial charge in [0.05, 0.1) is 20.3 Å². The van der Waals surface area contributed by atoms with Crippen molar-refractivity contribution >= 4 is 6.08 Å². The monoisotopic (exact) mass is 265 g/mol. The molecule has 1 fully saturated rings. The molecule has 1 N–H and O–H groups in total. The van der Waals surface area contributed by atoms with Crippen LogP contribution in [0.2, 0.25) is 0 Å². The fourth-order valence-electron chi connectivity index (χ4n) is 2.26. The fraction of sp³-hybridized carbons (Fsp3) is 0.467. The number of halogens is 1. The third kappa shape index (κ3) is 4.04. The summed E-state index contributed by atoms with van der Waals surface area (Å²) in [5.41, 5.74) is 2.06. The molecule has 4 heteroatoms. The molecule has 0 radical (unpaired) electrons. The van der Waals surface area contributed by atoms with Gasteiger partial charge in [-0.3, -0.25) is 0 Å². The lowest BCUT2D eigenvalue weighted by molar-refractivity contribution is 0.0771. The van der Waals surface area contributed by atoms with Crippen LogP contribution in [0.15, 0.2) is 23.8 Å². The number of nitrogens with one attached hydrogen (secondary N) is 1. The molecule has 1 aliphatic heterocycles. The Labute approximate surface area is 113 Å². The molecule has 0 spiro atoms. The Kier molecular flexibility index (Phi) is 4.93. The van der Waals surface area contributed by atoms with Gasteiger partial charge in [-0.15, -0.1) is 0 Å². The molecule has 1 atom stereocenters. The van der Waals surface area contributed by atoms with Crippen molar-refractivity contribution in [3.8, 4) is 5.75 Å². The second kappa shape index (κ2) is 6.68. The number of morpholine rings is 1. The average molecular weight is 265 g/mol. The van der Waals surface area contributed by atoms with E-state index in [4.69, 9.17) is 9.47 Å². The highest BCUT2D eigenvalue weighted by Gasteiger charge is 2.13. The van der Waals surface area contributed by atoms with Crippen LogP contribution in [0.3, 0.4) is 0 Å². The zero-order valence-corrected chi connectivity index (χ0v) is 11.4. The Morgan fingerprint density at radius 2 is 2.42 bits per heavy atom. The van der Waals surface area contributed by atoms with Gasteiger partial charge in [0.1, 0.15) is 0 Å². The van der Waals surface area contributed by atoms with Crippen LogP contribution in [0.4, 0.5) is 4.39 Å². The molecule has 0 aliphatic carbocycles. The Balaban J connectivity index is 2.01. The minimum atomic E-state index is -0.330. The molecule has 3 nitrogen and oxygen atoms in total. The van der Waals surface area contributed by atoms with E-state index in [0.29, 0.717) is 6.04 Å². The van der Waals surface area contributed by atoms with Gasteiger partial charge in [-0.2, -0.15) is 0 Å². The van der Waals surface area contributed by atoms with Crippen LogP contribution < -0.4 is 10.1 Å². The fourth-order valence-corrected chi connectivity index (χ4v) is 2.26. The lowest BCUT2D eigenvalue weighted by atomic mass is 10.0. The van der Waals surface area contributed by atoms with Crippen LogP contribution in [0.25, 0.3) is 6.08 Å². The second-order valence-electron chi connectivity index (χ2n) is 4.81. The minimum absolute atomic E-state index is 0.275. The topological polar surface area (TPSA) is 30.5 Å². The maximum Gasteiger partial charge on any atom is 0.165 e. The Bertz CT molecular complexity index is 453. The summed E-state index contributed by atoms with van der Waals surface area (Å²) >= 11 is 0. The van der Waals surface area contributed by atoms with Crippen LogP contribution in [-0.4, -0.2) is 32.9 Å². The zero-order valence-electron chi connectivity index (χ0n) is 11.4. The molecule has 1 aliphatic rings. The van der Waals surface area contributed by atoms with Crippen molar-refractivity contribution in [1.29, 1.82) is 0 Å². The summed E-state index contributed by atoms with van der Waals surface area (Å²) in [6.45, 7) is 4.47. The van der Waals surface area contributed by atoms with Gasteiger partial charge >= 0.3 is 0 Å². The van der Waals surface area contributed by atoms with Gasteiger partial charge in [0.15, 0.2) is 11.6 Å². The summed E-state index contributed by atoms with van der Waals surface area (Å²) in [7, 11) is 1.47. The van der Waals surface area contributed by atoms with E-state index in [1.165, 1.54) is 18.7 Å². The van der Waals surface area contributed by atoms with Crippen LogP contribution in [-0.2, 0) is 4.74 Å². The first-order valence-electron chi connectivity index (χ1n) is 6.51. The second-order valence-corrected chi connectivity index (χ2v) is 4.81. The van der Waals surface area contributed by atoms with Crippen molar-refractivity contribution < 1.29 is 13.9 Å². The standard InChI is InChI=1S/C15H20FNO2/c1-11(8-13-10-19-6-5-17-13)7-12-3-4-15(18-2)14(16)9-12/h3-4,7,9,13,17H,5-6,8,10H2,1-2H3/b11-7-. The van der Waals surface area contributed by atoms with Gasteiger partial charge in [0, 0.05) is 12.6 Å². The molecular formula is C15H20FNO2. The molecule has 0 amide bonds. The van der Waals surface area contributed by atoms with Gasteiger partial charge in [-0.1, -0.05) is 17.7 Å². The van der Waals surface area contributed by atoms with E-state index in [0.717, 1.165) is 31.7 Å². The third-order valence-electron chi connectivity index (χ3n) is 3.16. The SMILES string of the molecule is COc1ccc(/C=C(/C)CC2COCCN2)cc1F. The molecule has 1 saturated heterocycles. The number of hydrogen-bond acceptors (Lipinski definition) is 3. The summed E-state index contributed by atoms with van der Waals surface area (Å²) in [5, 5.41) is 3.41. The Morgan fingerprint density at radius 1 is 1.58 bits per heavy atom. The zero-order chi connectivity index (χ0) is 13.7. The number of rotatable bonds is 4. The lowest BCUT2D eigenvalue weighted by Gasteiger charge is -2.24. The smallest absolute Gasteiger partial charge is 0.165 e. The van der Waals surface area contributed by atoms with Crippen molar-refractivity contribution in [1.82, 2.24) is 5.32 Å². The maximum atomic E-state index is 13.6. The molecule has 0 bridgehead atoms. The summed E-state index contributed by atoms with van der Waals surface area (Å²) in [6.07, 6.45) is 2.91. The lowest BCUT2D eigenvalue weighted by Crippen LogP contribution is -2.41. The largest absolute Gasteiger partial charge is 0.494 e. The van der Waals surface area contributed by atoms with Crippen LogP contribution in [0, 0.1) is 5.82 Å². The van der Waals surface area contributed by atoms with E-state index in [9.17, 15) is 4.39 Å². The van der Waals surface area contributed by atoms with Crippen LogP contribution in [0.1, 0.15) is 18.9 Å². The van der Waals surface area contributed by atoms with E-state index < -0.39 is 0 Å². The molecule has 0 saturated carbocycles. The van der Waals surface area contributed by atoms with Crippen molar-refractivity contribution in [3.05, 3.63) is 35.2 Å². The molecule has 1 aromatic carbocycles. The van der Waals surface area contributed by atoms with E-state index in [1.54, 1.807) is 6.07 Å². The summed E-state index contributed by atoms with van der Waals surface area (Å²) in [4.78, 5) is 0.